The Hall–Kier alpha value is -0.860. The summed E-state index contributed by atoms with van der Waals surface area (Å²) in [7, 11) is -3.35. The molecule has 0 aliphatic heterocycles. The lowest BCUT2D eigenvalue weighted by atomic mass is 10.5. The number of rotatable bonds is 7. The lowest BCUT2D eigenvalue weighted by molar-refractivity contribution is 0.0871. The van der Waals surface area contributed by atoms with Crippen LogP contribution >= 0.6 is 11.5 Å². The highest BCUT2D eigenvalue weighted by molar-refractivity contribution is 7.91. The fourth-order valence-corrected chi connectivity index (χ4v) is 3.50. The van der Waals surface area contributed by atoms with Crippen molar-refractivity contribution in [3.8, 4) is 0 Å². The van der Waals surface area contributed by atoms with E-state index in [1.54, 1.807) is 6.92 Å². The molecular formula is C10H19N3O3S2. The molecule has 0 amide bonds. The van der Waals surface area contributed by atoms with E-state index in [0.29, 0.717) is 18.2 Å². The number of hydrogen-bond acceptors (Lipinski definition) is 7. The molecule has 0 aliphatic rings. The monoisotopic (exact) mass is 293 g/mol. The third-order valence-electron chi connectivity index (χ3n) is 2.20. The Morgan fingerprint density at radius 1 is 1.50 bits per heavy atom. The van der Waals surface area contributed by atoms with Crippen molar-refractivity contribution in [3.05, 3.63) is 0 Å². The van der Waals surface area contributed by atoms with E-state index in [-0.39, 0.29) is 22.6 Å². The Kier molecular flexibility index (Phi) is 5.36. The molecule has 0 spiro atoms. The minimum absolute atomic E-state index is 0.00673. The largest absolute Gasteiger partial charge is 0.382 e. The van der Waals surface area contributed by atoms with Crippen LogP contribution in [-0.4, -0.2) is 37.8 Å². The number of nitrogens with one attached hydrogen (secondary N) is 1. The van der Waals surface area contributed by atoms with Gasteiger partial charge in [0, 0.05) is 6.54 Å². The quantitative estimate of drug-likeness (QED) is 0.737. The molecule has 0 radical (unpaired) electrons. The Morgan fingerprint density at radius 2 is 2.17 bits per heavy atom. The summed E-state index contributed by atoms with van der Waals surface area (Å²) in [6.07, 6.45) is 0.150. The molecular weight excluding hydrogens is 274 g/mol. The maximum atomic E-state index is 11.9. The van der Waals surface area contributed by atoms with Crippen molar-refractivity contribution in [1.82, 2.24) is 4.37 Å². The normalized spacial score (nSPS) is 12.0. The zero-order valence-corrected chi connectivity index (χ0v) is 12.4. The summed E-state index contributed by atoms with van der Waals surface area (Å²) in [6.45, 7) is 6.49. The highest BCUT2D eigenvalue weighted by Gasteiger charge is 2.23. The second-order valence-corrected chi connectivity index (χ2v) is 6.96. The third-order valence-corrected chi connectivity index (χ3v) is 4.95. The molecule has 1 rings (SSSR count). The number of aromatic nitrogens is 1. The van der Waals surface area contributed by atoms with Crippen molar-refractivity contribution in [2.24, 2.45) is 0 Å². The predicted octanol–water partition coefficient (Wildman–Crippen LogP) is 1.36. The van der Waals surface area contributed by atoms with Gasteiger partial charge in [-0.3, -0.25) is 0 Å². The summed E-state index contributed by atoms with van der Waals surface area (Å²) in [5, 5.41) is 3.49. The van der Waals surface area contributed by atoms with Gasteiger partial charge >= 0.3 is 0 Å². The zero-order chi connectivity index (χ0) is 13.8. The van der Waals surface area contributed by atoms with Crippen molar-refractivity contribution in [3.63, 3.8) is 0 Å². The first-order valence-corrected chi connectivity index (χ1v) is 8.14. The second kappa shape index (κ2) is 6.35. The van der Waals surface area contributed by atoms with E-state index in [9.17, 15) is 8.42 Å². The molecule has 0 aliphatic carbocycles. The van der Waals surface area contributed by atoms with Crippen LogP contribution in [0.5, 0.6) is 0 Å². The van der Waals surface area contributed by atoms with E-state index in [2.05, 4.69) is 9.69 Å². The van der Waals surface area contributed by atoms with Gasteiger partial charge in [0.05, 0.1) is 18.5 Å². The second-order valence-electron chi connectivity index (χ2n) is 3.98. The smallest absolute Gasteiger partial charge is 0.184 e. The molecule has 0 saturated carbocycles. The summed E-state index contributed by atoms with van der Waals surface area (Å²) in [4.78, 5) is 0.111. The van der Waals surface area contributed by atoms with Gasteiger partial charge in [-0.25, -0.2) is 8.42 Å². The highest BCUT2D eigenvalue weighted by Crippen LogP contribution is 2.31. The van der Waals surface area contributed by atoms with Crippen molar-refractivity contribution in [2.75, 3.05) is 30.0 Å². The Morgan fingerprint density at radius 3 is 2.72 bits per heavy atom. The molecule has 1 aromatic rings. The van der Waals surface area contributed by atoms with E-state index in [1.165, 1.54) is 0 Å². The summed E-state index contributed by atoms with van der Waals surface area (Å²) in [6, 6.07) is 0. The maximum Gasteiger partial charge on any atom is 0.184 e. The number of sulfone groups is 1. The fraction of sp³-hybridized carbons (Fsp3) is 0.700. The Labute approximate surface area is 112 Å². The number of anilines is 2. The lowest BCUT2D eigenvalue weighted by Crippen LogP contribution is -2.14. The van der Waals surface area contributed by atoms with Crippen LogP contribution in [0.15, 0.2) is 4.90 Å². The SMILES string of the molecule is CCS(=O)(=O)c1c(N)nsc1NCCOC(C)C. The van der Waals surface area contributed by atoms with Gasteiger partial charge in [-0.15, -0.1) is 0 Å². The van der Waals surface area contributed by atoms with Crippen LogP contribution in [0.2, 0.25) is 0 Å². The van der Waals surface area contributed by atoms with Crippen LogP contribution in [0, 0.1) is 0 Å². The maximum absolute atomic E-state index is 11.9. The van der Waals surface area contributed by atoms with Crippen LogP contribution < -0.4 is 11.1 Å². The first kappa shape index (κ1) is 15.2. The van der Waals surface area contributed by atoms with Crippen LogP contribution in [0.25, 0.3) is 0 Å². The number of nitrogen functional groups attached to an aromatic ring is 1. The molecule has 3 N–H and O–H groups in total. The van der Waals surface area contributed by atoms with Crippen LogP contribution in [0.3, 0.4) is 0 Å². The Balaban J connectivity index is 2.73. The van der Waals surface area contributed by atoms with Gasteiger partial charge in [0.25, 0.3) is 0 Å². The van der Waals surface area contributed by atoms with Crippen LogP contribution in [0.4, 0.5) is 10.8 Å². The summed E-state index contributed by atoms with van der Waals surface area (Å²) in [5.74, 6) is 0.0707. The van der Waals surface area contributed by atoms with Gasteiger partial charge in [-0.2, -0.15) is 4.37 Å². The van der Waals surface area contributed by atoms with E-state index in [0.717, 1.165) is 11.5 Å². The molecule has 8 heteroatoms. The first-order valence-electron chi connectivity index (χ1n) is 5.71. The Bertz CT molecular complexity index is 483. The number of nitrogens with zero attached hydrogens (tertiary/aromatic N) is 1. The van der Waals surface area contributed by atoms with Crippen LogP contribution in [0.1, 0.15) is 20.8 Å². The zero-order valence-electron chi connectivity index (χ0n) is 10.8. The van der Waals surface area contributed by atoms with E-state index in [4.69, 9.17) is 10.5 Å². The van der Waals surface area contributed by atoms with Crippen LogP contribution in [-0.2, 0) is 14.6 Å². The summed E-state index contributed by atoms with van der Waals surface area (Å²) >= 11 is 1.06. The summed E-state index contributed by atoms with van der Waals surface area (Å²) < 4.78 is 33.0. The number of nitrogens with two attached hydrogens (primary N) is 1. The average Bonchev–Trinajstić information content (AvgIpc) is 2.66. The van der Waals surface area contributed by atoms with Gasteiger partial charge in [0.2, 0.25) is 0 Å². The lowest BCUT2D eigenvalue weighted by Gasteiger charge is -2.09. The molecule has 1 heterocycles. The van der Waals surface area contributed by atoms with Crippen molar-refractivity contribution >= 4 is 32.2 Å². The topological polar surface area (TPSA) is 94.3 Å². The fourth-order valence-electron chi connectivity index (χ4n) is 1.31. The minimum Gasteiger partial charge on any atom is -0.382 e. The molecule has 104 valence electrons. The average molecular weight is 293 g/mol. The van der Waals surface area contributed by atoms with Crippen molar-refractivity contribution in [2.45, 2.75) is 31.8 Å². The molecule has 0 aromatic carbocycles. The van der Waals surface area contributed by atoms with Gasteiger partial charge < -0.3 is 15.8 Å². The molecule has 0 fully saturated rings. The predicted molar refractivity (Wildman–Crippen MR) is 73.8 cm³/mol. The molecule has 0 bridgehead atoms. The van der Waals surface area contributed by atoms with E-state index in [1.807, 2.05) is 13.8 Å². The molecule has 18 heavy (non-hydrogen) atoms. The molecule has 0 saturated heterocycles. The highest BCUT2D eigenvalue weighted by atomic mass is 32.2. The van der Waals surface area contributed by atoms with Gasteiger partial charge in [-0.1, -0.05) is 6.92 Å². The van der Waals surface area contributed by atoms with Gasteiger partial charge in [-0.05, 0) is 25.4 Å². The van der Waals surface area contributed by atoms with Gasteiger partial charge in [0.15, 0.2) is 15.7 Å². The van der Waals surface area contributed by atoms with Crippen molar-refractivity contribution < 1.29 is 13.2 Å². The molecule has 0 atom stereocenters. The molecule has 0 unspecified atom stereocenters. The van der Waals surface area contributed by atoms with E-state index < -0.39 is 9.84 Å². The van der Waals surface area contributed by atoms with Gasteiger partial charge in [0.1, 0.15) is 9.90 Å². The number of hydrogen-bond donors (Lipinski definition) is 2. The number of ether oxygens (including phenoxy) is 1. The third kappa shape index (κ3) is 3.82. The molecule has 6 nitrogen and oxygen atoms in total. The summed E-state index contributed by atoms with van der Waals surface area (Å²) in [5.41, 5.74) is 5.60. The first-order chi connectivity index (χ1) is 8.38. The standard InChI is InChI=1S/C10H19N3O3S2/c1-4-18(14,15)8-9(11)13-17-10(8)12-5-6-16-7(2)3/h7,12H,4-6H2,1-3H3,(H2,11,13). The minimum atomic E-state index is -3.35. The molecule has 1 aromatic heterocycles. The van der Waals surface area contributed by atoms with Crippen molar-refractivity contribution in [1.29, 1.82) is 0 Å². The van der Waals surface area contributed by atoms with E-state index >= 15 is 0 Å².